The predicted octanol–water partition coefficient (Wildman–Crippen LogP) is 1.82. The van der Waals surface area contributed by atoms with Crippen molar-refractivity contribution in [1.82, 2.24) is 10.2 Å². The summed E-state index contributed by atoms with van der Waals surface area (Å²) in [5.74, 6) is -1.61. The zero-order valence-corrected chi connectivity index (χ0v) is 12.4. The number of hydrogen-bond acceptors (Lipinski definition) is 3. The van der Waals surface area contributed by atoms with Crippen LogP contribution in [0.15, 0.2) is 24.3 Å². The summed E-state index contributed by atoms with van der Waals surface area (Å²) in [6, 6.07) is 3.25. The smallest absolute Gasteiger partial charge is 0.244 e. The molecule has 120 valence electrons. The molecule has 1 aliphatic heterocycles. The number of hydrogen-bond donors (Lipinski definition) is 1. The second kappa shape index (κ2) is 8.60. The Bertz CT molecular complexity index is 529. The Labute approximate surface area is 128 Å². The lowest BCUT2D eigenvalue weighted by molar-refractivity contribution is -0.116. The molecule has 0 radical (unpaired) electrons. The van der Waals surface area contributed by atoms with Crippen LogP contribution in [0.1, 0.15) is 12.0 Å². The van der Waals surface area contributed by atoms with Crippen LogP contribution in [-0.4, -0.2) is 50.2 Å². The van der Waals surface area contributed by atoms with Crippen molar-refractivity contribution in [2.75, 3.05) is 39.4 Å². The zero-order valence-electron chi connectivity index (χ0n) is 12.4. The Hall–Kier alpha value is -1.79. The SMILES string of the molecule is O=C(C=Cc1ccc(F)cc1F)NCCCN1CCOCC1. The molecule has 1 aliphatic rings. The number of rotatable bonds is 6. The Morgan fingerprint density at radius 3 is 2.82 bits per heavy atom. The Balaban J connectivity index is 1.67. The van der Waals surface area contributed by atoms with E-state index in [4.69, 9.17) is 4.74 Å². The molecule has 0 bridgehead atoms. The third-order valence-electron chi connectivity index (χ3n) is 3.43. The lowest BCUT2D eigenvalue weighted by Gasteiger charge is -2.26. The number of carbonyl (C=O) groups excluding carboxylic acids is 1. The molecule has 22 heavy (non-hydrogen) atoms. The van der Waals surface area contributed by atoms with Crippen molar-refractivity contribution in [2.24, 2.45) is 0 Å². The van der Waals surface area contributed by atoms with Crippen molar-refractivity contribution in [2.45, 2.75) is 6.42 Å². The minimum Gasteiger partial charge on any atom is -0.379 e. The summed E-state index contributed by atoms with van der Waals surface area (Å²) < 4.78 is 31.4. The molecule has 1 amide bonds. The molecule has 1 N–H and O–H groups in total. The van der Waals surface area contributed by atoms with Gasteiger partial charge in [0.15, 0.2) is 0 Å². The molecule has 1 aromatic carbocycles. The van der Waals surface area contributed by atoms with Crippen molar-refractivity contribution in [1.29, 1.82) is 0 Å². The lowest BCUT2D eigenvalue weighted by Crippen LogP contribution is -2.38. The van der Waals surface area contributed by atoms with Gasteiger partial charge in [0.25, 0.3) is 0 Å². The van der Waals surface area contributed by atoms with E-state index in [1.54, 1.807) is 0 Å². The fourth-order valence-corrected chi connectivity index (χ4v) is 2.20. The first-order valence-corrected chi connectivity index (χ1v) is 7.36. The van der Waals surface area contributed by atoms with Crippen LogP contribution >= 0.6 is 0 Å². The molecule has 1 fully saturated rings. The molecule has 6 heteroatoms. The van der Waals surface area contributed by atoms with Crippen LogP contribution in [0.5, 0.6) is 0 Å². The summed E-state index contributed by atoms with van der Waals surface area (Å²) in [6.45, 7) is 4.86. The average Bonchev–Trinajstić information content (AvgIpc) is 2.52. The molecule has 0 spiro atoms. The third kappa shape index (κ3) is 5.54. The van der Waals surface area contributed by atoms with Gasteiger partial charge in [0, 0.05) is 37.3 Å². The fraction of sp³-hybridized carbons (Fsp3) is 0.438. The second-order valence-corrected chi connectivity index (χ2v) is 5.10. The number of halogens is 2. The number of nitrogens with one attached hydrogen (secondary N) is 1. The van der Waals surface area contributed by atoms with Gasteiger partial charge in [-0.3, -0.25) is 9.69 Å². The van der Waals surface area contributed by atoms with Crippen LogP contribution in [0.25, 0.3) is 6.08 Å². The highest BCUT2D eigenvalue weighted by molar-refractivity contribution is 5.91. The molecule has 0 saturated carbocycles. The van der Waals surface area contributed by atoms with E-state index in [9.17, 15) is 13.6 Å². The minimum absolute atomic E-state index is 0.185. The molecule has 1 aromatic rings. The molecule has 0 unspecified atom stereocenters. The van der Waals surface area contributed by atoms with Gasteiger partial charge in [0.1, 0.15) is 11.6 Å². The number of carbonyl (C=O) groups is 1. The minimum atomic E-state index is -0.684. The van der Waals surface area contributed by atoms with Crippen LogP contribution in [0, 0.1) is 11.6 Å². The number of benzene rings is 1. The second-order valence-electron chi connectivity index (χ2n) is 5.10. The summed E-state index contributed by atoms with van der Waals surface area (Å²) in [5, 5.41) is 2.74. The van der Waals surface area contributed by atoms with Crippen LogP contribution in [0.4, 0.5) is 8.78 Å². The molecule has 0 aromatic heterocycles. The average molecular weight is 310 g/mol. The van der Waals surface area contributed by atoms with Crippen molar-refractivity contribution >= 4 is 12.0 Å². The first-order valence-electron chi connectivity index (χ1n) is 7.36. The van der Waals surface area contributed by atoms with E-state index in [0.29, 0.717) is 6.54 Å². The van der Waals surface area contributed by atoms with E-state index in [0.717, 1.165) is 51.4 Å². The van der Waals surface area contributed by atoms with Gasteiger partial charge in [-0.1, -0.05) is 0 Å². The van der Waals surface area contributed by atoms with E-state index < -0.39 is 11.6 Å². The van der Waals surface area contributed by atoms with Gasteiger partial charge in [0.2, 0.25) is 5.91 Å². The Kier molecular flexibility index (Phi) is 6.48. The normalized spacial score (nSPS) is 16.1. The highest BCUT2D eigenvalue weighted by Gasteiger charge is 2.09. The van der Waals surface area contributed by atoms with Crippen molar-refractivity contribution in [3.05, 3.63) is 41.5 Å². The molecular weight excluding hydrogens is 290 g/mol. The first kappa shape index (κ1) is 16.6. The van der Waals surface area contributed by atoms with E-state index >= 15 is 0 Å². The number of nitrogens with zero attached hydrogens (tertiary/aromatic N) is 1. The fourth-order valence-electron chi connectivity index (χ4n) is 2.20. The number of morpholine rings is 1. The molecule has 0 aliphatic carbocycles. The maximum atomic E-state index is 13.4. The van der Waals surface area contributed by atoms with E-state index in [2.05, 4.69) is 10.2 Å². The van der Waals surface area contributed by atoms with Gasteiger partial charge < -0.3 is 10.1 Å². The highest BCUT2D eigenvalue weighted by atomic mass is 19.1. The standard InChI is InChI=1S/C16H20F2N2O2/c17-14-4-2-13(15(18)12-14)3-5-16(21)19-6-1-7-20-8-10-22-11-9-20/h2-5,12H,1,6-11H2,(H,19,21). The van der Waals surface area contributed by atoms with Gasteiger partial charge in [-0.25, -0.2) is 8.78 Å². The molecule has 0 atom stereocenters. The largest absolute Gasteiger partial charge is 0.379 e. The van der Waals surface area contributed by atoms with Gasteiger partial charge in [-0.05, 0) is 31.2 Å². The van der Waals surface area contributed by atoms with Crippen LogP contribution in [0.2, 0.25) is 0 Å². The number of amides is 1. The molecule has 1 saturated heterocycles. The van der Waals surface area contributed by atoms with Crippen LogP contribution in [0.3, 0.4) is 0 Å². The molecule has 2 rings (SSSR count). The van der Waals surface area contributed by atoms with E-state index in [1.807, 2.05) is 0 Å². The van der Waals surface area contributed by atoms with Gasteiger partial charge >= 0.3 is 0 Å². The first-order chi connectivity index (χ1) is 10.6. The maximum Gasteiger partial charge on any atom is 0.244 e. The van der Waals surface area contributed by atoms with E-state index in [1.165, 1.54) is 18.2 Å². The highest BCUT2D eigenvalue weighted by Crippen LogP contribution is 2.10. The predicted molar refractivity (Wildman–Crippen MR) is 80.3 cm³/mol. The summed E-state index contributed by atoms with van der Waals surface area (Å²) >= 11 is 0. The zero-order chi connectivity index (χ0) is 15.8. The summed E-state index contributed by atoms with van der Waals surface area (Å²) in [6.07, 6.45) is 3.45. The van der Waals surface area contributed by atoms with Crippen molar-refractivity contribution in [3.8, 4) is 0 Å². The van der Waals surface area contributed by atoms with Crippen molar-refractivity contribution < 1.29 is 18.3 Å². The van der Waals surface area contributed by atoms with Gasteiger partial charge in [-0.2, -0.15) is 0 Å². The summed E-state index contributed by atoms with van der Waals surface area (Å²) in [4.78, 5) is 13.9. The third-order valence-corrected chi connectivity index (χ3v) is 3.43. The van der Waals surface area contributed by atoms with Crippen LogP contribution in [-0.2, 0) is 9.53 Å². The quantitative estimate of drug-likeness (QED) is 0.644. The number of ether oxygens (including phenoxy) is 1. The Morgan fingerprint density at radius 2 is 2.09 bits per heavy atom. The topological polar surface area (TPSA) is 41.6 Å². The molecule has 1 heterocycles. The maximum absolute atomic E-state index is 13.4. The van der Waals surface area contributed by atoms with Gasteiger partial charge in [-0.15, -0.1) is 0 Å². The van der Waals surface area contributed by atoms with Crippen molar-refractivity contribution in [3.63, 3.8) is 0 Å². The Morgan fingerprint density at radius 1 is 1.32 bits per heavy atom. The van der Waals surface area contributed by atoms with Crippen LogP contribution < -0.4 is 5.32 Å². The summed E-state index contributed by atoms with van der Waals surface area (Å²) in [5.41, 5.74) is 0.185. The molecule has 4 nitrogen and oxygen atoms in total. The summed E-state index contributed by atoms with van der Waals surface area (Å²) in [7, 11) is 0. The monoisotopic (exact) mass is 310 g/mol. The van der Waals surface area contributed by atoms with E-state index in [-0.39, 0.29) is 11.5 Å². The van der Waals surface area contributed by atoms with Gasteiger partial charge in [0.05, 0.1) is 13.2 Å². The lowest BCUT2D eigenvalue weighted by atomic mass is 10.2. The molecular formula is C16H20F2N2O2.